The summed E-state index contributed by atoms with van der Waals surface area (Å²) in [7, 11) is 1.31. The fourth-order valence-electron chi connectivity index (χ4n) is 2.19. The first-order valence-corrected chi connectivity index (χ1v) is 9.97. The summed E-state index contributed by atoms with van der Waals surface area (Å²) in [6, 6.07) is 4.64. The predicted octanol–water partition coefficient (Wildman–Crippen LogP) is 5.32. The highest BCUT2D eigenvalue weighted by molar-refractivity contribution is 7.09. The molecule has 0 saturated carbocycles. The standard InChI is InChI=1S/C18H21Cl2N3O3S/c1-11(2)6-7-23(9-16-22-15(10-27-16)17(24)26-3)18(25)21-12-4-5-13(19)14(20)8-12/h4-5,8,10-11H,6-7,9H2,1-3H3,(H,21,25). The minimum Gasteiger partial charge on any atom is -0.464 e. The van der Waals surface area contributed by atoms with Crippen LogP contribution in [0.25, 0.3) is 0 Å². The van der Waals surface area contributed by atoms with Crippen LogP contribution >= 0.6 is 34.5 Å². The van der Waals surface area contributed by atoms with E-state index >= 15 is 0 Å². The lowest BCUT2D eigenvalue weighted by Crippen LogP contribution is -2.35. The molecule has 0 spiro atoms. The Morgan fingerprint density at radius 1 is 1.30 bits per heavy atom. The lowest BCUT2D eigenvalue weighted by atomic mass is 10.1. The first-order valence-electron chi connectivity index (χ1n) is 8.33. The lowest BCUT2D eigenvalue weighted by molar-refractivity contribution is 0.0594. The number of rotatable bonds is 7. The van der Waals surface area contributed by atoms with Crippen molar-refractivity contribution in [2.24, 2.45) is 5.92 Å². The van der Waals surface area contributed by atoms with Crippen molar-refractivity contribution in [1.29, 1.82) is 0 Å². The number of anilines is 1. The van der Waals surface area contributed by atoms with Gasteiger partial charge in [0.15, 0.2) is 5.69 Å². The molecular weight excluding hydrogens is 409 g/mol. The van der Waals surface area contributed by atoms with E-state index < -0.39 is 5.97 Å². The van der Waals surface area contributed by atoms with Crippen LogP contribution in [0.3, 0.4) is 0 Å². The molecule has 0 aliphatic carbocycles. The van der Waals surface area contributed by atoms with Crippen LogP contribution in [0.15, 0.2) is 23.6 Å². The van der Waals surface area contributed by atoms with Crippen molar-refractivity contribution >= 4 is 52.2 Å². The molecule has 146 valence electrons. The number of amides is 2. The van der Waals surface area contributed by atoms with Crippen molar-refractivity contribution in [2.45, 2.75) is 26.8 Å². The summed E-state index contributed by atoms with van der Waals surface area (Å²) in [5, 5.41) is 5.89. The summed E-state index contributed by atoms with van der Waals surface area (Å²) in [4.78, 5) is 30.2. The summed E-state index contributed by atoms with van der Waals surface area (Å²) < 4.78 is 4.67. The van der Waals surface area contributed by atoms with E-state index in [-0.39, 0.29) is 11.7 Å². The molecule has 0 saturated heterocycles. The maximum Gasteiger partial charge on any atom is 0.357 e. The Morgan fingerprint density at radius 3 is 2.67 bits per heavy atom. The number of aromatic nitrogens is 1. The molecule has 27 heavy (non-hydrogen) atoms. The van der Waals surface area contributed by atoms with Gasteiger partial charge in [-0.25, -0.2) is 14.6 Å². The van der Waals surface area contributed by atoms with Crippen LogP contribution in [0.2, 0.25) is 10.0 Å². The maximum atomic E-state index is 12.7. The Hall–Kier alpha value is -1.83. The number of methoxy groups -OCH3 is 1. The average Bonchev–Trinajstić information content (AvgIpc) is 3.09. The second-order valence-electron chi connectivity index (χ2n) is 6.28. The molecule has 1 aromatic carbocycles. The van der Waals surface area contributed by atoms with Crippen LogP contribution in [0.5, 0.6) is 0 Å². The van der Waals surface area contributed by atoms with Crippen molar-refractivity contribution in [1.82, 2.24) is 9.88 Å². The topological polar surface area (TPSA) is 71.5 Å². The molecule has 2 aromatic rings. The smallest absolute Gasteiger partial charge is 0.357 e. The molecule has 6 nitrogen and oxygen atoms in total. The summed E-state index contributed by atoms with van der Waals surface area (Å²) in [6.45, 7) is 5.03. The fourth-order valence-corrected chi connectivity index (χ4v) is 3.26. The van der Waals surface area contributed by atoms with Crippen molar-refractivity contribution < 1.29 is 14.3 Å². The molecule has 1 aromatic heterocycles. The number of ether oxygens (including phenoxy) is 1. The number of hydrogen-bond donors (Lipinski definition) is 1. The zero-order chi connectivity index (χ0) is 20.0. The van der Waals surface area contributed by atoms with Gasteiger partial charge < -0.3 is 15.0 Å². The van der Waals surface area contributed by atoms with Crippen LogP contribution in [-0.4, -0.2) is 35.5 Å². The largest absolute Gasteiger partial charge is 0.464 e. The minimum absolute atomic E-state index is 0.242. The van der Waals surface area contributed by atoms with E-state index in [2.05, 4.69) is 28.9 Å². The van der Waals surface area contributed by atoms with Gasteiger partial charge in [0.1, 0.15) is 5.01 Å². The molecule has 1 heterocycles. The molecule has 1 N–H and O–H groups in total. The zero-order valence-electron chi connectivity index (χ0n) is 15.3. The van der Waals surface area contributed by atoms with Gasteiger partial charge in [0.2, 0.25) is 0 Å². The van der Waals surface area contributed by atoms with Gasteiger partial charge in [-0.15, -0.1) is 11.3 Å². The van der Waals surface area contributed by atoms with Crippen LogP contribution in [0.4, 0.5) is 10.5 Å². The molecule has 2 rings (SSSR count). The molecule has 0 aliphatic heterocycles. The van der Waals surface area contributed by atoms with Gasteiger partial charge in [-0.3, -0.25) is 0 Å². The van der Waals surface area contributed by atoms with Gasteiger partial charge in [-0.1, -0.05) is 37.0 Å². The van der Waals surface area contributed by atoms with Crippen LogP contribution < -0.4 is 5.32 Å². The Kier molecular flexibility index (Phi) is 7.89. The number of esters is 1. The van der Waals surface area contributed by atoms with E-state index in [1.165, 1.54) is 18.4 Å². The Morgan fingerprint density at radius 2 is 2.04 bits per heavy atom. The zero-order valence-corrected chi connectivity index (χ0v) is 17.6. The van der Waals surface area contributed by atoms with Crippen LogP contribution in [0, 0.1) is 5.92 Å². The Balaban J connectivity index is 2.12. The number of nitrogens with one attached hydrogen (secondary N) is 1. The summed E-state index contributed by atoms with van der Waals surface area (Å²) in [6.07, 6.45) is 0.837. The van der Waals surface area contributed by atoms with E-state index in [4.69, 9.17) is 23.2 Å². The normalized spacial score (nSPS) is 10.7. The highest BCUT2D eigenvalue weighted by Crippen LogP contribution is 2.25. The first-order chi connectivity index (χ1) is 12.8. The van der Waals surface area contributed by atoms with Gasteiger partial charge in [0, 0.05) is 17.6 Å². The van der Waals surface area contributed by atoms with E-state index in [1.807, 2.05) is 0 Å². The predicted molar refractivity (Wildman–Crippen MR) is 109 cm³/mol. The molecule has 0 fully saturated rings. The number of urea groups is 1. The van der Waals surface area contributed by atoms with Crippen molar-refractivity contribution in [3.8, 4) is 0 Å². The van der Waals surface area contributed by atoms with E-state index in [0.29, 0.717) is 39.7 Å². The molecule has 0 unspecified atom stereocenters. The van der Waals surface area contributed by atoms with Crippen LogP contribution in [0.1, 0.15) is 35.8 Å². The lowest BCUT2D eigenvalue weighted by Gasteiger charge is -2.23. The van der Waals surface area contributed by atoms with Gasteiger partial charge in [0.05, 0.1) is 23.7 Å². The Bertz CT molecular complexity index is 811. The van der Waals surface area contributed by atoms with Crippen molar-refractivity contribution in [3.63, 3.8) is 0 Å². The number of benzene rings is 1. The number of carbonyl (C=O) groups excluding carboxylic acids is 2. The molecule has 0 radical (unpaired) electrons. The quantitative estimate of drug-likeness (QED) is 0.604. The number of halogens is 2. The van der Waals surface area contributed by atoms with Gasteiger partial charge >= 0.3 is 12.0 Å². The maximum absolute atomic E-state index is 12.7. The second kappa shape index (κ2) is 9.92. The third kappa shape index (κ3) is 6.37. The van der Waals surface area contributed by atoms with Crippen molar-refractivity contribution in [3.05, 3.63) is 44.3 Å². The highest BCUT2D eigenvalue weighted by atomic mass is 35.5. The third-order valence-corrected chi connectivity index (χ3v) is 5.28. The monoisotopic (exact) mass is 429 g/mol. The second-order valence-corrected chi connectivity index (χ2v) is 8.04. The number of thiazole rings is 1. The van der Waals surface area contributed by atoms with Gasteiger partial charge in [-0.05, 0) is 30.5 Å². The fraction of sp³-hybridized carbons (Fsp3) is 0.389. The van der Waals surface area contributed by atoms with Crippen LogP contribution in [-0.2, 0) is 11.3 Å². The van der Waals surface area contributed by atoms with Gasteiger partial charge in [0.25, 0.3) is 0 Å². The van der Waals surface area contributed by atoms with Crippen molar-refractivity contribution in [2.75, 3.05) is 19.0 Å². The summed E-state index contributed by atoms with van der Waals surface area (Å²) >= 11 is 13.2. The summed E-state index contributed by atoms with van der Waals surface area (Å²) in [5.74, 6) is -0.0568. The average molecular weight is 430 g/mol. The number of hydrogen-bond acceptors (Lipinski definition) is 5. The van der Waals surface area contributed by atoms with Gasteiger partial charge in [-0.2, -0.15) is 0 Å². The number of nitrogens with zero attached hydrogens (tertiary/aromatic N) is 2. The highest BCUT2D eigenvalue weighted by Gasteiger charge is 2.18. The van der Waals surface area contributed by atoms with E-state index in [0.717, 1.165) is 6.42 Å². The third-order valence-electron chi connectivity index (χ3n) is 3.71. The molecular formula is C18H21Cl2N3O3S. The molecule has 2 amide bonds. The Labute approximate surface area is 172 Å². The molecule has 0 aliphatic rings. The van der Waals surface area contributed by atoms with E-state index in [1.54, 1.807) is 28.5 Å². The van der Waals surface area contributed by atoms with E-state index in [9.17, 15) is 9.59 Å². The minimum atomic E-state index is -0.494. The molecule has 0 bridgehead atoms. The summed E-state index contributed by atoms with van der Waals surface area (Å²) in [5.41, 5.74) is 0.796. The first kappa shape index (κ1) is 21.5. The number of carbonyl (C=O) groups is 2. The SMILES string of the molecule is COC(=O)c1csc(CN(CCC(C)C)C(=O)Nc2ccc(Cl)c(Cl)c2)n1. The molecule has 9 heteroatoms. The molecule has 0 atom stereocenters.